The summed E-state index contributed by atoms with van der Waals surface area (Å²) in [5.74, 6) is 0. The van der Waals surface area contributed by atoms with Crippen LogP contribution in [0.3, 0.4) is 0 Å². The van der Waals surface area contributed by atoms with Crippen LogP contribution in [0.1, 0.15) is 33.6 Å². The number of nitrogens with zero attached hydrogens (tertiary/aromatic N) is 6. The van der Waals surface area contributed by atoms with Crippen molar-refractivity contribution in [2.24, 2.45) is 20.0 Å². The van der Waals surface area contributed by atoms with Crippen LogP contribution < -0.4 is 0 Å². The van der Waals surface area contributed by atoms with Crippen LogP contribution in [0.2, 0.25) is 0 Å². The molecule has 0 aromatic rings. The molecule has 0 fully saturated rings. The summed E-state index contributed by atoms with van der Waals surface area (Å²) in [6.45, 7) is 9.49. The zero-order chi connectivity index (χ0) is 17.2. The van der Waals surface area contributed by atoms with Crippen molar-refractivity contribution < 1.29 is 0 Å². The molecule has 0 heterocycles. The lowest BCUT2D eigenvalue weighted by Crippen LogP contribution is -2.24. The third kappa shape index (κ3) is 18.7. The van der Waals surface area contributed by atoms with E-state index in [9.17, 15) is 0 Å². The maximum absolute atomic E-state index is 4.14. The summed E-state index contributed by atoms with van der Waals surface area (Å²) in [6.07, 6.45) is 2.31. The van der Waals surface area contributed by atoms with Gasteiger partial charge in [-0.15, -0.1) is 0 Å². The van der Waals surface area contributed by atoms with Crippen LogP contribution in [0, 0.1) is 0 Å². The minimum atomic E-state index is 0.227. The minimum absolute atomic E-state index is 0.227. The summed E-state index contributed by atoms with van der Waals surface area (Å²) >= 11 is 0. The van der Waals surface area contributed by atoms with Crippen molar-refractivity contribution in [3.05, 3.63) is 0 Å². The molecule has 0 saturated heterocycles. The van der Waals surface area contributed by atoms with E-state index in [1.165, 1.54) is 0 Å². The normalized spacial score (nSPS) is 11.0. The molecule has 0 saturated carbocycles. The predicted molar refractivity (Wildman–Crippen MR) is 96.6 cm³/mol. The Morgan fingerprint density at radius 1 is 0.864 bits per heavy atom. The topological polar surface area (TPSA) is 55.9 Å². The summed E-state index contributed by atoms with van der Waals surface area (Å²) in [4.78, 5) is 20.1. The van der Waals surface area contributed by atoms with Crippen molar-refractivity contribution in [2.45, 2.75) is 39.8 Å². The first-order valence-electron chi connectivity index (χ1n) is 7.99. The third-order valence-electron chi connectivity index (χ3n) is 2.57. The van der Waals surface area contributed by atoms with Crippen molar-refractivity contribution in [1.82, 2.24) is 9.80 Å². The predicted octanol–water partition coefficient (Wildman–Crippen LogP) is 2.61. The van der Waals surface area contributed by atoms with Gasteiger partial charge >= 0.3 is 0 Å². The lowest BCUT2D eigenvalue weighted by molar-refractivity contribution is 0.296. The van der Waals surface area contributed by atoms with E-state index < -0.39 is 0 Å². The summed E-state index contributed by atoms with van der Waals surface area (Å²) in [5, 5.41) is 0. The van der Waals surface area contributed by atoms with E-state index in [0.29, 0.717) is 0 Å². The molecule has 0 N–H and O–H groups in total. The Morgan fingerprint density at radius 3 is 1.91 bits per heavy atom. The standard InChI is InChI=1S/2C8H17N3/c1-5-8(11(3)4)10-7-9-6-2;1-4-9-8-10-6-5-7-11(2)3/h8H,5-6H2,1-4H3;4-7H2,1-3H3. The first-order chi connectivity index (χ1) is 10.5. The second kappa shape index (κ2) is 17.7. The van der Waals surface area contributed by atoms with E-state index in [0.717, 1.165) is 39.0 Å². The average molecular weight is 310 g/mol. The second-order valence-corrected chi connectivity index (χ2v) is 5.17. The van der Waals surface area contributed by atoms with Crippen LogP contribution in [0.25, 0.3) is 0 Å². The Morgan fingerprint density at radius 2 is 1.45 bits per heavy atom. The summed E-state index contributed by atoms with van der Waals surface area (Å²) in [7, 11) is 8.13. The quantitative estimate of drug-likeness (QED) is 0.485. The van der Waals surface area contributed by atoms with Gasteiger partial charge in [0.1, 0.15) is 6.17 Å². The van der Waals surface area contributed by atoms with Gasteiger partial charge < -0.3 is 4.90 Å². The second-order valence-electron chi connectivity index (χ2n) is 5.17. The van der Waals surface area contributed by atoms with Gasteiger partial charge in [-0.25, -0.2) is 20.0 Å². The molecular formula is C16H34N6. The molecule has 22 heavy (non-hydrogen) atoms. The highest BCUT2D eigenvalue weighted by atomic mass is 15.2. The van der Waals surface area contributed by atoms with E-state index in [4.69, 9.17) is 0 Å². The van der Waals surface area contributed by atoms with E-state index >= 15 is 0 Å². The van der Waals surface area contributed by atoms with Crippen molar-refractivity contribution in [3.8, 4) is 0 Å². The maximum Gasteiger partial charge on any atom is 0.112 e. The highest BCUT2D eigenvalue weighted by Crippen LogP contribution is 1.97. The molecule has 128 valence electrons. The molecule has 0 rings (SSSR count). The third-order valence-corrected chi connectivity index (χ3v) is 2.57. The van der Waals surface area contributed by atoms with Crippen molar-refractivity contribution in [1.29, 1.82) is 0 Å². The van der Waals surface area contributed by atoms with Gasteiger partial charge in [0.05, 0.1) is 18.6 Å². The maximum atomic E-state index is 4.14. The summed E-state index contributed by atoms with van der Waals surface area (Å²) in [5.41, 5.74) is 0. The van der Waals surface area contributed by atoms with Gasteiger partial charge in [-0.1, -0.05) is 6.92 Å². The Kier molecular flexibility index (Phi) is 18.5. The molecule has 0 aliphatic rings. The number of aliphatic imine (C=N–C) groups is 4. The zero-order valence-electron chi connectivity index (χ0n) is 15.5. The van der Waals surface area contributed by atoms with Gasteiger partial charge in [-0.3, -0.25) is 4.90 Å². The highest BCUT2D eigenvalue weighted by Gasteiger charge is 2.03. The number of hydrogen-bond donors (Lipinski definition) is 0. The van der Waals surface area contributed by atoms with Crippen molar-refractivity contribution >= 4 is 12.0 Å². The van der Waals surface area contributed by atoms with Gasteiger partial charge in [-0.2, -0.15) is 0 Å². The fraction of sp³-hybridized carbons (Fsp3) is 0.875. The number of hydrogen-bond acceptors (Lipinski definition) is 6. The molecule has 6 heteroatoms. The lowest BCUT2D eigenvalue weighted by Gasteiger charge is -2.15. The molecule has 0 aliphatic carbocycles. The monoisotopic (exact) mass is 310 g/mol. The SMILES string of the molecule is CCN=C=NC(CC)N(C)C.CCN=C=NCCCN(C)C. The Labute approximate surface area is 136 Å². The first kappa shape index (κ1) is 23.0. The van der Waals surface area contributed by atoms with Crippen LogP contribution in [-0.2, 0) is 0 Å². The van der Waals surface area contributed by atoms with Gasteiger partial charge in [-0.05, 0) is 61.4 Å². The Bertz CT molecular complexity index is 350. The Balaban J connectivity index is 0. The molecule has 1 atom stereocenters. The van der Waals surface area contributed by atoms with Crippen LogP contribution in [-0.4, -0.2) is 82.4 Å². The average Bonchev–Trinajstić information content (AvgIpc) is 2.47. The van der Waals surface area contributed by atoms with Gasteiger partial charge in [0.2, 0.25) is 0 Å². The van der Waals surface area contributed by atoms with Crippen molar-refractivity contribution in [3.63, 3.8) is 0 Å². The fourth-order valence-electron chi connectivity index (χ4n) is 1.39. The molecule has 0 aromatic carbocycles. The Hall–Kier alpha value is -1.32. The molecule has 0 spiro atoms. The van der Waals surface area contributed by atoms with Crippen LogP contribution in [0.5, 0.6) is 0 Å². The lowest BCUT2D eigenvalue weighted by atomic mass is 10.4. The zero-order valence-corrected chi connectivity index (χ0v) is 15.5. The fourth-order valence-corrected chi connectivity index (χ4v) is 1.39. The van der Waals surface area contributed by atoms with Crippen LogP contribution >= 0.6 is 0 Å². The molecule has 6 nitrogen and oxygen atoms in total. The molecule has 0 aliphatic heterocycles. The van der Waals surface area contributed by atoms with Crippen LogP contribution in [0.15, 0.2) is 20.0 Å². The molecule has 1 unspecified atom stereocenters. The van der Waals surface area contributed by atoms with E-state index in [2.05, 4.69) is 62.8 Å². The molecule has 0 aromatic heterocycles. The smallest absolute Gasteiger partial charge is 0.112 e. The van der Waals surface area contributed by atoms with Gasteiger partial charge in [0, 0.05) is 13.1 Å². The summed E-state index contributed by atoms with van der Waals surface area (Å²) < 4.78 is 0. The first-order valence-corrected chi connectivity index (χ1v) is 7.99. The number of rotatable bonds is 9. The summed E-state index contributed by atoms with van der Waals surface area (Å²) in [6, 6.07) is 5.32. The minimum Gasteiger partial charge on any atom is -0.309 e. The van der Waals surface area contributed by atoms with E-state index in [-0.39, 0.29) is 6.17 Å². The van der Waals surface area contributed by atoms with Gasteiger partial charge in [0.15, 0.2) is 0 Å². The van der Waals surface area contributed by atoms with E-state index in [1.807, 2.05) is 27.9 Å². The molecular weight excluding hydrogens is 276 g/mol. The molecule has 0 radical (unpaired) electrons. The van der Waals surface area contributed by atoms with E-state index in [1.54, 1.807) is 0 Å². The molecule has 0 bridgehead atoms. The molecule has 0 amide bonds. The van der Waals surface area contributed by atoms with Crippen molar-refractivity contribution in [2.75, 3.05) is 54.4 Å². The van der Waals surface area contributed by atoms with Crippen LogP contribution in [0.4, 0.5) is 0 Å². The highest BCUT2D eigenvalue weighted by molar-refractivity contribution is 5.41. The largest absolute Gasteiger partial charge is 0.309 e. The van der Waals surface area contributed by atoms with Gasteiger partial charge in [0.25, 0.3) is 0 Å².